The molecule has 0 amide bonds. The first-order chi connectivity index (χ1) is 10.2. The Balaban J connectivity index is 1.68. The second-order valence-electron chi connectivity index (χ2n) is 6.00. The Kier molecular flexibility index (Phi) is 4.75. The van der Waals surface area contributed by atoms with E-state index in [-0.39, 0.29) is 5.28 Å². The molecule has 6 nitrogen and oxygen atoms in total. The molecule has 0 radical (unpaired) electrons. The summed E-state index contributed by atoms with van der Waals surface area (Å²) in [7, 11) is 2.16. The first-order valence-electron chi connectivity index (χ1n) is 7.82. The van der Waals surface area contributed by atoms with Gasteiger partial charge in [0.25, 0.3) is 0 Å². The number of hydrogen-bond donors (Lipinski definition) is 1. The van der Waals surface area contributed by atoms with Crippen molar-refractivity contribution in [3.05, 3.63) is 5.28 Å². The van der Waals surface area contributed by atoms with Crippen LogP contribution in [0.4, 0.5) is 11.9 Å². The van der Waals surface area contributed by atoms with Gasteiger partial charge in [0.05, 0.1) is 0 Å². The fraction of sp³-hybridized carbons (Fsp3) is 0.786. The van der Waals surface area contributed by atoms with Gasteiger partial charge in [-0.25, -0.2) is 0 Å². The molecule has 3 rings (SSSR count). The van der Waals surface area contributed by atoms with Crippen molar-refractivity contribution in [3.63, 3.8) is 0 Å². The van der Waals surface area contributed by atoms with E-state index in [2.05, 4.69) is 37.1 Å². The van der Waals surface area contributed by atoms with Gasteiger partial charge >= 0.3 is 0 Å². The van der Waals surface area contributed by atoms with Crippen molar-refractivity contribution in [2.75, 3.05) is 43.4 Å². The summed E-state index contributed by atoms with van der Waals surface area (Å²) >= 11 is 6.07. The number of likely N-dealkylation sites (tertiary alicyclic amines) is 1. The van der Waals surface area contributed by atoms with E-state index in [1.807, 2.05) is 0 Å². The van der Waals surface area contributed by atoms with E-state index in [0.717, 1.165) is 39.0 Å². The number of halogens is 1. The molecular weight excluding hydrogens is 288 g/mol. The fourth-order valence-corrected chi connectivity index (χ4v) is 3.13. The van der Waals surface area contributed by atoms with Crippen LogP contribution in [0.1, 0.15) is 32.1 Å². The molecule has 116 valence electrons. The van der Waals surface area contributed by atoms with E-state index in [1.54, 1.807) is 0 Å². The molecule has 2 aliphatic rings. The SMILES string of the molecule is CN1CCC(Nc2nc(Cl)nc(N3CCCCC3)n2)CC1. The van der Waals surface area contributed by atoms with Crippen molar-refractivity contribution in [2.24, 2.45) is 0 Å². The highest BCUT2D eigenvalue weighted by atomic mass is 35.5. The minimum atomic E-state index is 0.279. The van der Waals surface area contributed by atoms with Crippen LogP contribution in [0.25, 0.3) is 0 Å². The molecule has 7 heteroatoms. The molecule has 2 saturated heterocycles. The fourth-order valence-electron chi connectivity index (χ4n) is 2.98. The molecule has 0 atom stereocenters. The summed E-state index contributed by atoms with van der Waals surface area (Å²) in [5, 5.41) is 3.70. The standard InChI is InChI=1S/C14H23ClN6/c1-20-9-5-11(6-10-20)16-13-17-12(15)18-14(19-13)21-7-3-2-4-8-21/h11H,2-10H2,1H3,(H,16,17,18,19). The molecular formula is C14H23ClN6. The molecule has 21 heavy (non-hydrogen) atoms. The van der Waals surface area contributed by atoms with Crippen LogP contribution in [0.5, 0.6) is 0 Å². The van der Waals surface area contributed by atoms with Crippen molar-refractivity contribution >= 4 is 23.5 Å². The Morgan fingerprint density at radius 3 is 2.43 bits per heavy atom. The van der Waals surface area contributed by atoms with Gasteiger partial charge in [0, 0.05) is 19.1 Å². The van der Waals surface area contributed by atoms with E-state index in [0.29, 0.717) is 17.9 Å². The number of hydrogen-bond acceptors (Lipinski definition) is 6. The molecule has 0 unspecified atom stereocenters. The van der Waals surface area contributed by atoms with Crippen molar-refractivity contribution < 1.29 is 0 Å². The predicted octanol–water partition coefficient (Wildman–Crippen LogP) is 2.02. The van der Waals surface area contributed by atoms with Crippen LogP contribution in [-0.2, 0) is 0 Å². The first-order valence-corrected chi connectivity index (χ1v) is 8.20. The largest absolute Gasteiger partial charge is 0.351 e. The third-order valence-corrected chi connectivity index (χ3v) is 4.46. The summed E-state index contributed by atoms with van der Waals surface area (Å²) in [5.41, 5.74) is 0. The summed E-state index contributed by atoms with van der Waals surface area (Å²) in [4.78, 5) is 17.6. The first kappa shape index (κ1) is 14.8. The minimum absolute atomic E-state index is 0.279. The van der Waals surface area contributed by atoms with Gasteiger partial charge in [0.2, 0.25) is 17.2 Å². The lowest BCUT2D eigenvalue weighted by Crippen LogP contribution is -2.37. The third kappa shape index (κ3) is 3.95. The van der Waals surface area contributed by atoms with Crippen LogP contribution >= 0.6 is 11.6 Å². The van der Waals surface area contributed by atoms with Gasteiger partial charge < -0.3 is 15.1 Å². The van der Waals surface area contributed by atoms with E-state index < -0.39 is 0 Å². The van der Waals surface area contributed by atoms with Gasteiger partial charge in [0.15, 0.2) is 0 Å². The maximum Gasteiger partial charge on any atom is 0.231 e. The molecule has 0 saturated carbocycles. The lowest BCUT2D eigenvalue weighted by atomic mass is 10.1. The maximum absolute atomic E-state index is 6.07. The molecule has 1 N–H and O–H groups in total. The Hall–Kier alpha value is -1.14. The third-order valence-electron chi connectivity index (χ3n) is 4.29. The summed E-state index contributed by atoms with van der Waals surface area (Å²) in [6.07, 6.45) is 5.90. The van der Waals surface area contributed by atoms with Crippen molar-refractivity contribution in [2.45, 2.75) is 38.1 Å². The monoisotopic (exact) mass is 310 g/mol. The Bertz CT molecular complexity index is 469. The minimum Gasteiger partial charge on any atom is -0.351 e. The normalized spacial score (nSPS) is 21.5. The van der Waals surface area contributed by atoms with Gasteiger partial charge in [-0.15, -0.1) is 0 Å². The quantitative estimate of drug-likeness (QED) is 0.922. The Morgan fingerprint density at radius 1 is 1.00 bits per heavy atom. The van der Waals surface area contributed by atoms with Gasteiger partial charge in [-0.3, -0.25) is 0 Å². The number of piperidine rings is 2. The lowest BCUT2D eigenvalue weighted by molar-refractivity contribution is 0.263. The molecule has 0 bridgehead atoms. The molecule has 1 aromatic rings. The van der Waals surface area contributed by atoms with E-state index in [1.165, 1.54) is 19.3 Å². The second-order valence-corrected chi connectivity index (χ2v) is 6.34. The van der Waals surface area contributed by atoms with Crippen LogP contribution < -0.4 is 10.2 Å². The Labute approximate surface area is 130 Å². The number of nitrogens with one attached hydrogen (secondary N) is 1. The summed E-state index contributed by atoms with van der Waals surface area (Å²) in [6.45, 7) is 4.23. The van der Waals surface area contributed by atoms with Crippen LogP contribution in [0, 0.1) is 0 Å². The number of aromatic nitrogens is 3. The molecule has 1 aromatic heterocycles. The van der Waals surface area contributed by atoms with E-state index >= 15 is 0 Å². The summed E-state index contributed by atoms with van der Waals surface area (Å²) < 4.78 is 0. The van der Waals surface area contributed by atoms with E-state index in [4.69, 9.17) is 11.6 Å². The molecule has 2 fully saturated rings. The van der Waals surface area contributed by atoms with Gasteiger partial charge in [-0.05, 0) is 63.8 Å². The molecule has 0 aliphatic carbocycles. The zero-order chi connectivity index (χ0) is 14.7. The highest BCUT2D eigenvalue weighted by Crippen LogP contribution is 2.20. The molecule has 2 aliphatic heterocycles. The number of anilines is 2. The van der Waals surface area contributed by atoms with Crippen LogP contribution in [0.3, 0.4) is 0 Å². The van der Waals surface area contributed by atoms with E-state index in [9.17, 15) is 0 Å². The smallest absolute Gasteiger partial charge is 0.231 e. The lowest BCUT2D eigenvalue weighted by Gasteiger charge is -2.30. The van der Waals surface area contributed by atoms with Crippen LogP contribution in [0.15, 0.2) is 0 Å². The average Bonchev–Trinajstić information content (AvgIpc) is 2.50. The average molecular weight is 311 g/mol. The topological polar surface area (TPSA) is 57.2 Å². The number of nitrogens with zero attached hydrogens (tertiary/aromatic N) is 5. The molecule has 0 aromatic carbocycles. The zero-order valence-electron chi connectivity index (χ0n) is 12.6. The highest BCUT2D eigenvalue weighted by molar-refractivity contribution is 6.28. The molecule has 3 heterocycles. The zero-order valence-corrected chi connectivity index (χ0v) is 13.3. The van der Waals surface area contributed by atoms with Crippen molar-refractivity contribution in [1.82, 2.24) is 19.9 Å². The molecule has 0 spiro atoms. The summed E-state index contributed by atoms with van der Waals surface area (Å²) in [5.74, 6) is 1.33. The Morgan fingerprint density at radius 2 is 1.71 bits per heavy atom. The highest BCUT2D eigenvalue weighted by Gasteiger charge is 2.19. The predicted molar refractivity (Wildman–Crippen MR) is 85.0 cm³/mol. The maximum atomic E-state index is 6.07. The summed E-state index contributed by atoms with van der Waals surface area (Å²) in [6, 6.07) is 0.425. The van der Waals surface area contributed by atoms with Gasteiger partial charge in [-0.2, -0.15) is 15.0 Å². The van der Waals surface area contributed by atoms with Crippen molar-refractivity contribution in [1.29, 1.82) is 0 Å². The van der Waals surface area contributed by atoms with Gasteiger partial charge in [0.1, 0.15) is 0 Å². The number of rotatable bonds is 3. The second kappa shape index (κ2) is 6.75. The van der Waals surface area contributed by atoms with Crippen molar-refractivity contribution in [3.8, 4) is 0 Å². The van der Waals surface area contributed by atoms with Crippen LogP contribution in [-0.4, -0.2) is 59.1 Å². The van der Waals surface area contributed by atoms with Crippen LogP contribution in [0.2, 0.25) is 5.28 Å². The van der Waals surface area contributed by atoms with Gasteiger partial charge in [-0.1, -0.05) is 0 Å².